The third-order valence-corrected chi connectivity index (χ3v) is 3.20. The van der Waals surface area contributed by atoms with E-state index in [1.807, 2.05) is 19.9 Å². The van der Waals surface area contributed by atoms with E-state index in [0.717, 1.165) is 11.8 Å². The van der Waals surface area contributed by atoms with E-state index in [2.05, 4.69) is 10.6 Å². The number of urea groups is 1. The van der Waals surface area contributed by atoms with Gasteiger partial charge in [-0.3, -0.25) is 10.1 Å². The van der Waals surface area contributed by atoms with E-state index >= 15 is 0 Å². The standard InChI is InChI=1S/C16H18N2O5/c1-3-10(2)17-16(21)18-14(19)9-22-15(20)13-8-11-6-4-5-7-12(11)23-13/h4-8,10H,3,9H2,1-2H3,(H2,17,18,19,21)/t10-/m1/s1. The molecule has 0 unspecified atom stereocenters. The van der Waals surface area contributed by atoms with Gasteiger partial charge in [-0.25, -0.2) is 9.59 Å². The number of imide groups is 1. The van der Waals surface area contributed by atoms with Crippen molar-refractivity contribution in [1.82, 2.24) is 10.6 Å². The molecule has 0 saturated carbocycles. The molecule has 122 valence electrons. The van der Waals surface area contributed by atoms with Gasteiger partial charge < -0.3 is 14.5 Å². The molecular weight excluding hydrogens is 300 g/mol. The number of furan rings is 1. The number of para-hydroxylation sites is 1. The van der Waals surface area contributed by atoms with Crippen LogP contribution in [0.5, 0.6) is 0 Å². The summed E-state index contributed by atoms with van der Waals surface area (Å²) in [6.07, 6.45) is 0.739. The topological polar surface area (TPSA) is 97.6 Å². The number of nitrogens with one attached hydrogen (secondary N) is 2. The molecule has 0 bridgehead atoms. The van der Waals surface area contributed by atoms with E-state index in [9.17, 15) is 14.4 Å². The fourth-order valence-corrected chi connectivity index (χ4v) is 1.81. The van der Waals surface area contributed by atoms with E-state index in [1.54, 1.807) is 18.2 Å². The number of hydrogen-bond donors (Lipinski definition) is 2. The van der Waals surface area contributed by atoms with Gasteiger partial charge in [0, 0.05) is 11.4 Å². The molecule has 0 aliphatic rings. The molecule has 2 rings (SSSR count). The average molecular weight is 318 g/mol. The Morgan fingerprint density at radius 3 is 2.70 bits per heavy atom. The van der Waals surface area contributed by atoms with Crippen molar-refractivity contribution in [3.8, 4) is 0 Å². The molecule has 0 spiro atoms. The number of rotatable bonds is 5. The number of amides is 3. The zero-order valence-corrected chi connectivity index (χ0v) is 12.9. The second-order valence-corrected chi connectivity index (χ2v) is 5.06. The maximum absolute atomic E-state index is 11.8. The highest BCUT2D eigenvalue weighted by Crippen LogP contribution is 2.19. The van der Waals surface area contributed by atoms with Crippen LogP contribution in [0.2, 0.25) is 0 Å². The largest absolute Gasteiger partial charge is 0.450 e. The minimum absolute atomic E-state index is 0.00283. The van der Waals surface area contributed by atoms with Crippen molar-refractivity contribution >= 4 is 28.9 Å². The zero-order chi connectivity index (χ0) is 16.8. The third kappa shape index (κ3) is 4.57. The summed E-state index contributed by atoms with van der Waals surface area (Å²) in [6.45, 7) is 3.15. The molecule has 2 N–H and O–H groups in total. The lowest BCUT2D eigenvalue weighted by Gasteiger charge is -2.11. The van der Waals surface area contributed by atoms with Crippen molar-refractivity contribution in [3.63, 3.8) is 0 Å². The predicted molar refractivity (Wildman–Crippen MR) is 82.9 cm³/mol. The molecule has 3 amide bonds. The summed E-state index contributed by atoms with van der Waals surface area (Å²) in [6, 6.07) is 7.97. The molecule has 2 aromatic rings. The van der Waals surface area contributed by atoms with Gasteiger partial charge in [0.25, 0.3) is 5.91 Å². The summed E-state index contributed by atoms with van der Waals surface area (Å²) in [5, 5.41) is 5.41. The van der Waals surface area contributed by atoms with Crippen molar-refractivity contribution in [1.29, 1.82) is 0 Å². The van der Waals surface area contributed by atoms with Gasteiger partial charge in [0.05, 0.1) is 0 Å². The third-order valence-electron chi connectivity index (χ3n) is 3.20. The van der Waals surface area contributed by atoms with Crippen molar-refractivity contribution in [3.05, 3.63) is 36.1 Å². The number of fused-ring (bicyclic) bond motifs is 1. The summed E-state index contributed by atoms with van der Waals surface area (Å²) in [5.74, 6) is -1.47. The number of hydrogen-bond acceptors (Lipinski definition) is 5. The first-order chi connectivity index (χ1) is 11.0. The van der Waals surface area contributed by atoms with Crippen molar-refractivity contribution in [2.24, 2.45) is 0 Å². The molecule has 1 atom stereocenters. The zero-order valence-electron chi connectivity index (χ0n) is 12.9. The van der Waals surface area contributed by atoms with Crippen LogP contribution >= 0.6 is 0 Å². The van der Waals surface area contributed by atoms with Crippen LogP contribution in [0.4, 0.5) is 4.79 Å². The minimum Gasteiger partial charge on any atom is -0.450 e. The maximum Gasteiger partial charge on any atom is 0.374 e. The molecule has 0 aliphatic carbocycles. The first kappa shape index (κ1) is 16.5. The lowest BCUT2D eigenvalue weighted by molar-refractivity contribution is -0.123. The fourth-order valence-electron chi connectivity index (χ4n) is 1.81. The van der Waals surface area contributed by atoms with E-state index in [1.165, 1.54) is 6.07 Å². The van der Waals surface area contributed by atoms with Crippen LogP contribution in [0.15, 0.2) is 34.7 Å². The molecule has 1 heterocycles. The Labute approximate surface area is 133 Å². The van der Waals surface area contributed by atoms with Gasteiger partial charge in [-0.1, -0.05) is 25.1 Å². The summed E-state index contributed by atoms with van der Waals surface area (Å²) in [4.78, 5) is 34.8. The summed E-state index contributed by atoms with van der Waals surface area (Å²) >= 11 is 0. The second-order valence-electron chi connectivity index (χ2n) is 5.06. The van der Waals surface area contributed by atoms with Crippen LogP contribution in [-0.4, -0.2) is 30.6 Å². The van der Waals surface area contributed by atoms with Gasteiger partial charge >= 0.3 is 12.0 Å². The molecule has 0 aliphatic heterocycles. The Morgan fingerprint density at radius 1 is 1.26 bits per heavy atom. The van der Waals surface area contributed by atoms with Crippen molar-refractivity contribution in [2.45, 2.75) is 26.3 Å². The van der Waals surface area contributed by atoms with Crippen LogP contribution in [0, 0.1) is 0 Å². The molecule has 1 aromatic carbocycles. The Morgan fingerprint density at radius 2 is 2.00 bits per heavy atom. The quantitative estimate of drug-likeness (QED) is 0.824. The number of benzene rings is 1. The normalized spacial score (nSPS) is 11.7. The highest BCUT2D eigenvalue weighted by atomic mass is 16.5. The van der Waals surface area contributed by atoms with E-state index < -0.39 is 24.5 Å². The summed E-state index contributed by atoms with van der Waals surface area (Å²) in [5.41, 5.74) is 0.553. The predicted octanol–water partition coefficient (Wildman–Crippen LogP) is 2.21. The second kappa shape index (κ2) is 7.44. The molecule has 0 radical (unpaired) electrons. The smallest absolute Gasteiger partial charge is 0.374 e. The minimum atomic E-state index is -0.765. The Kier molecular flexibility index (Phi) is 5.35. The first-order valence-electron chi connectivity index (χ1n) is 7.25. The molecule has 7 heteroatoms. The van der Waals surface area contributed by atoms with Gasteiger partial charge in [-0.05, 0) is 25.5 Å². The monoisotopic (exact) mass is 318 g/mol. The first-order valence-corrected chi connectivity index (χ1v) is 7.25. The van der Waals surface area contributed by atoms with Crippen molar-refractivity contribution in [2.75, 3.05) is 6.61 Å². The fraction of sp³-hybridized carbons (Fsp3) is 0.312. The SMILES string of the molecule is CC[C@@H](C)NC(=O)NC(=O)COC(=O)c1cc2ccccc2o1. The van der Waals surface area contributed by atoms with Crippen molar-refractivity contribution < 1.29 is 23.5 Å². The summed E-state index contributed by atoms with van der Waals surface area (Å²) in [7, 11) is 0. The summed E-state index contributed by atoms with van der Waals surface area (Å²) < 4.78 is 10.2. The van der Waals surface area contributed by atoms with Crippen LogP contribution in [0.1, 0.15) is 30.8 Å². The Hall–Kier alpha value is -2.83. The molecule has 1 aromatic heterocycles. The lowest BCUT2D eigenvalue weighted by Crippen LogP contribution is -2.44. The van der Waals surface area contributed by atoms with Gasteiger partial charge in [-0.15, -0.1) is 0 Å². The van der Waals surface area contributed by atoms with Crippen LogP contribution in [0.25, 0.3) is 11.0 Å². The molecule has 23 heavy (non-hydrogen) atoms. The van der Waals surface area contributed by atoms with Gasteiger partial charge in [-0.2, -0.15) is 0 Å². The molecule has 7 nitrogen and oxygen atoms in total. The lowest BCUT2D eigenvalue weighted by atomic mass is 10.2. The molecule has 0 fully saturated rings. The highest BCUT2D eigenvalue weighted by Gasteiger charge is 2.16. The Bertz CT molecular complexity index is 689. The molecule has 0 saturated heterocycles. The van der Waals surface area contributed by atoms with Gasteiger partial charge in [0.1, 0.15) is 5.58 Å². The number of ether oxygens (including phenoxy) is 1. The average Bonchev–Trinajstić information content (AvgIpc) is 2.96. The van der Waals surface area contributed by atoms with Crippen LogP contribution in [-0.2, 0) is 9.53 Å². The van der Waals surface area contributed by atoms with Gasteiger partial charge in [0.2, 0.25) is 5.76 Å². The van der Waals surface area contributed by atoms with Gasteiger partial charge in [0.15, 0.2) is 6.61 Å². The number of carbonyl (C=O) groups is 3. The maximum atomic E-state index is 11.8. The van der Waals surface area contributed by atoms with E-state index in [4.69, 9.17) is 9.15 Å². The van der Waals surface area contributed by atoms with E-state index in [-0.39, 0.29) is 11.8 Å². The number of esters is 1. The highest BCUT2D eigenvalue weighted by molar-refractivity contribution is 5.97. The molecular formula is C16H18N2O5. The van der Waals surface area contributed by atoms with E-state index in [0.29, 0.717) is 5.58 Å². The number of carbonyl (C=O) groups excluding carboxylic acids is 3. The van der Waals surface area contributed by atoms with Crippen LogP contribution in [0.3, 0.4) is 0 Å². The Balaban J connectivity index is 1.84. The van der Waals surface area contributed by atoms with Crippen LogP contribution < -0.4 is 10.6 Å².